The summed E-state index contributed by atoms with van der Waals surface area (Å²) in [7, 11) is 0. The summed E-state index contributed by atoms with van der Waals surface area (Å²) in [6.07, 6.45) is -2.47. The fraction of sp³-hybridized carbons (Fsp3) is 0.200. The molecule has 3 N–H and O–H groups in total. The highest BCUT2D eigenvalue weighted by Crippen LogP contribution is 2.29. The first-order chi connectivity index (χ1) is 14.7. The summed E-state index contributed by atoms with van der Waals surface area (Å²) in [6, 6.07) is 8.29. The molecule has 0 aliphatic carbocycles. The van der Waals surface area contributed by atoms with Gasteiger partial charge in [-0.2, -0.15) is 18.3 Å². The van der Waals surface area contributed by atoms with Crippen molar-refractivity contribution in [2.24, 2.45) is 0 Å². The number of anilines is 2. The Morgan fingerprint density at radius 2 is 1.77 bits per heavy atom. The summed E-state index contributed by atoms with van der Waals surface area (Å²) < 4.78 is 39.4. The third-order valence-electron chi connectivity index (χ3n) is 4.26. The number of aromatic nitrogens is 3. The average Bonchev–Trinajstić information content (AvgIpc) is 3.09. The Hall–Kier alpha value is -3.89. The molecule has 3 amide bonds. The van der Waals surface area contributed by atoms with E-state index in [-0.39, 0.29) is 17.4 Å². The molecule has 2 aromatic heterocycles. The molecule has 1 aromatic carbocycles. The van der Waals surface area contributed by atoms with Crippen LogP contribution >= 0.6 is 0 Å². The van der Waals surface area contributed by atoms with Crippen molar-refractivity contribution >= 4 is 23.3 Å². The Morgan fingerprint density at radius 3 is 2.39 bits per heavy atom. The first-order valence-electron chi connectivity index (χ1n) is 9.23. The number of halogens is 3. The van der Waals surface area contributed by atoms with Crippen molar-refractivity contribution in [3.63, 3.8) is 0 Å². The van der Waals surface area contributed by atoms with Gasteiger partial charge in [0, 0.05) is 24.1 Å². The lowest BCUT2D eigenvalue weighted by Crippen LogP contribution is -2.28. The van der Waals surface area contributed by atoms with Gasteiger partial charge < -0.3 is 16.0 Å². The molecule has 0 aliphatic heterocycles. The molecule has 8 nitrogen and oxygen atoms in total. The van der Waals surface area contributed by atoms with Crippen LogP contribution in [0.3, 0.4) is 0 Å². The third kappa shape index (κ3) is 5.18. The number of nitrogens with zero attached hydrogens (tertiary/aromatic N) is 3. The number of benzene rings is 1. The lowest BCUT2D eigenvalue weighted by Gasteiger charge is -2.10. The monoisotopic (exact) mass is 432 g/mol. The molecule has 0 spiro atoms. The second-order valence-corrected chi connectivity index (χ2v) is 6.48. The largest absolute Gasteiger partial charge is 0.417 e. The zero-order valence-electron chi connectivity index (χ0n) is 16.6. The topological polar surface area (TPSA) is 101 Å². The van der Waals surface area contributed by atoms with E-state index < -0.39 is 17.6 Å². The van der Waals surface area contributed by atoms with Crippen molar-refractivity contribution in [2.75, 3.05) is 17.2 Å². The minimum absolute atomic E-state index is 0.151. The molecule has 3 rings (SSSR count). The Kier molecular flexibility index (Phi) is 6.23. The number of carbonyl (C=O) groups excluding carboxylic acids is 2. The number of hydrogen-bond donors (Lipinski definition) is 3. The molecule has 0 fully saturated rings. The predicted molar refractivity (Wildman–Crippen MR) is 108 cm³/mol. The zero-order valence-corrected chi connectivity index (χ0v) is 16.6. The SMILES string of the molecule is CCNC(=O)Nc1cccc(NC(=O)c2cnn(-c3ccc(C(F)(F)F)cn3)c2C)c1. The van der Waals surface area contributed by atoms with E-state index in [1.54, 1.807) is 38.1 Å². The van der Waals surface area contributed by atoms with Gasteiger partial charge in [0.1, 0.15) is 0 Å². The van der Waals surface area contributed by atoms with Crippen molar-refractivity contribution in [3.8, 4) is 5.82 Å². The van der Waals surface area contributed by atoms with Crippen LogP contribution in [0.25, 0.3) is 5.82 Å². The van der Waals surface area contributed by atoms with Gasteiger partial charge in [0.2, 0.25) is 0 Å². The molecule has 0 saturated carbocycles. The Labute approximate surface area is 175 Å². The van der Waals surface area contributed by atoms with Gasteiger partial charge in [-0.3, -0.25) is 4.79 Å². The Morgan fingerprint density at radius 1 is 1.06 bits per heavy atom. The zero-order chi connectivity index (χ0) is 22.6. The van der Waals surface area contributed by atoms with Gasteiger partial charge in [-0.15, -0.1) is 0 Å². The fourth-order valence-electron chi connectivity index (χ4n) is 2.75. The number of carbonyl (C=O) groups is 2. The van der Waals surface area contributed by atoms with Gasteiger partial charge in [-0.1, -0.05) is 6.07 Å². The highest BCUT2D eigenvalue weighted by atomic mass is 19.4. The van der Waals surface area contributed by atoms with E-state index >= 15 is 0 Å². The molecule has 0 radical (unpaired) electrons. The smallest absolute Gasteiger partial charge is 0.338 e. The summed E-state index contributed by atoms with van der Waals surface area (Å²) in [5.41, 5.74) is 0.689. The van der Waals surface area contributed by atoms with E-state index in [1.807, 2.05) is 0 Å². The molecule has 162 valence electrons. The fourth-order valence-corrected chi connectivity index (χ4v) is 2.75. The van der Waals surface area contributed by atoms with Crippen molar-refractivity contribution in [1.29, 1.82) is 0 Å². The number of urea groups is 1. The van der Waals surface area contributed by atoms with Gasteiger partial charge in [0.15, 0.2) is 5.82 Å². The number of hydrogen-bond acceptors (Lipinski definition) is 4. The van der Waals surface area contributed by atoms with Crippen molar-refractivity contribution in [3.05, 3.63) is 65.6 Å². The van der Waals surface area contributed by atoms with Gasteiger partial charge in [-0.05, 0) is 44.2 Å². The quantitative estimate of drug-likeness (QED) is 0.568. The van der Waals surface area contributed by atoms with Crippen LogP contribution in [0.4, 0.5) is 29.3 Å². The maximum absolute atomic E-state index is 12.7. The molecule has 31 heavy (non-hydrogen) atoms. The predicted octanol–water partition coefficient (Wildman–Crippen LogP) is 3.99. The summed E-state index contributed by atoms with van der Waals surface area (Å²) in [6.45, 7) is 3.87. The number of pyridine rings is 1. The molecule has 0 atom stereocenters. The summed E-state index contributed by atoms with van der Waals surface area (Å²) in [5, 5.41) is 12.0. The number of amides is 3. The van der Waals surface area contributed by atoms with Crippen LogP contribution in [0.1, 0.15) is 28.5 Å². The van der Waals surface area contributed by atoms with Crippen LogP contribution < -0.4 is 16.0 Å². The van der Waals surface area contributed by atoms with Crippen LogP contribution in [0, 0.1) is 6.92 Å². The molecule has 3 aromatic rings. The van der Waals surface area contributed by atoms with Gasteiger partial charge >= 0.3 is 12.2 Å². The second kappa shape index (κ2) is 8.86. The Balaban J connectivity index is 1.75. The third-order valence-corrected chi connectivity index (χ3v) is 4.26. The lowest BCUT2D eigenvalue weighted by atomic mass is 10.2. The van der Waals surface area contributed by atoms with E-state index in [4.69, 9.17) is 0 Å². The van der Waals surface area contributed by atoms with Crippen molar-refractivity contribution in [1.82, 2.24) is 20.1 Å². The van der Waals surface area contributed by atoms with E-state index in [1.165, 1.54) is 16.9 Å². The first-order valence-corrected chi connectivity index (χ1v) is 9.23. The number of rotatable bonds is 5. The van der Waals surface area contributed by atoms with Crippen LogP contribution in [0.5, 0.6) is 0 Å². The minimum atomic E-state index is -4.49. The molecule has 0 bridgehead atoms. The molecule has 0 aliphatic rings. The van der Waals surface area contributed by atoms with E-state index in [0.717, 1.165) is 6.07 Å². The van der Waals surface area contributed by atoms with Crippen molar-refractivity contribution < 1.29 is 22.8 Å². The average molecular weight is 432 g/mol. The van der Waals surface area contributed by atoms with Crippen molar-refractivity contribution in [2.45, 2.75) is 20.0 Å². The molecule has 0 unspecified atom stereocenters. The summed E-state index contributed by atoms with van der Waals surface area (Å²) in [5.74, 6) is -0.316. The van der Waals surface area contributed by atoms with E-state index in [9.17, 15) is 22.8 Å². The first kappa shape index (κ1) is 21.8. The second-order valence-electron chi connectivity index (χ2n) is 6.48. The highest BCUT2D eigenvalue weighted by molar-refractivity contribution is 6.05. The summed E-state index contributed by atoms with van der Waals surface area (Å²) in [4.78, 5) is 28.1. The highest BCUT2D eigenvalue weighted by Gasteiger charge is 2.30. The van der Waals surface area contributed by atoms with Gasteiger partial charge in [0.05, 0.1) is 23.0 Å². The molecular weight excluding hydrogens is 413 g/mol. The summed E-state index contributed by atoms with van der Waals surface area (Å²) >= 11 is 0. The Bertz CT molecular complexity index is 1090. The minimum Gasteiger partial charge on any atom is -0.338 e. The molecule has 0 saturated heterocycles. The van der Waals surface area contributed by atoms with Gasteiger partial charge in [0.25, 0.3) is 5.91 Å². The van der Waals surface area contributed by atoms with E-state index in [0.29, 0.717) is 29.8 Å². The van der Waals surface area contributed by atoms with Crippen LogP contribution in [0.15, 0.2) is 48.8 Å². The van der Waals surface area contributed by atoms with Gasteiger partial charge in [-0.25, -0.2) is 14.5 Å². The normalized spacial score (nSPS) is 11.1. The number of nitrogens with one attached hydrogen (secondary N) is 3. The van der Waals surface area contributed by atoms with Crippen LogP contribution in [-0.2, 0) is 6.18 Å². The molecular formula is C20H19F3N6O2. The number of alkyl halides is 3. The lowest BCUT2D eigenvalue weighted by molar-refractivity contribution is -0.137. The van der Waals surface area contributed by atoms with E-state index in [2.05, 4.69) is 26.0 Å². The standard InChI is InChI=1S/C20H19F3N6O2/c1-3-24-19(31)28-15-6-4-5-14(9-15)27-18(30)16-11-26-29(12(16)2)17-8-7-13(10-25-17)20(21,22)23/h4-11H,3H2,1-2H3,(H,27,30)(H2,24,28,31). The molecule has 2 heterocycles. The maximum atomic E-state index is 12.7. The van der Waals surface area contributed by atoms with Crippen LogP contribution in [0.2, 0.25) is 0 Å². The molecule has 11 heteroatoms. The van der Waals surface area contributed by atoms with Crippen LogP contribution in [-0.4, -0.2) is 33.2 Å². The maximum Gasteiger partial charge on any atom is 0.417 e.